The van der Waals surface area contributed by atoms with Gasteiger partial charge in [0.1, 0.15) is 5.01 Å². The summed E-state index contributed by atoms with van der Waals surface area (Å²) in [6, 6.07) is 5.90. The monoisotopic (exact) mass is 278 g/mol. The topological polar surface area (TPSA) is 43.4 Å². The fourth-order valence-electron chi connectivity index (χ4n) is 1.78. The van der Waals surface area contributed by atoms with Gasteiger partial charge in [-0.1, -0.05) is 0 Å². The summed E-state index contributed by atoms with van der Waals surface area (Å²) in [4.78, 5) is 4.59. The number of nitrogens with one attached hydrogen (secondary N) is 1. The Morgan fingerprint density at radius 3 is 2.84 bits per heavy atom. The fourth-order valence-corrected chi connectivity index (χ4v) is 2.60. The molecular formula is C14H18N2O2S. The molecule has 1 aromatic carbocycles. The second-order valence-corrected chi connectivity index (χ2v) is 4.83. The van der Waals surface area contributed by atoms with Crippen LogP contribution in [0.1, 0.15) is 12.6 Å². The third kappa shape index (κ3) is 3.24. The van der Waals surface area contributed by atoms with Gasteiger partial charge in [0.15, 0.2) is 11.5 Å². The quantitative estimate of drug-likeness (QED) is 0.882. The molecule has 1 heterocycles. The van der Waals surface area contributed by atoms with E-state index in [-0.39, 0.29) is 0 Å². The van der Waals surface area contributed by atoms with Crippen LogP contribution in [0.2, 0.25) is 0 Å². The largest absolute Gasteiger partial charge is 0.493 e. The van der Waals surface area contributed by atoms with E-state index in [0.29, 0.717) is 6.61 Å². The third-order valence-corrected chi connectivity index (χ3v) is 3.56. The zero-order valence-electron chi connectivity index (χ0n) is 11.4. The molecule has 2 aromatic rings. The van der Waals surface area contributed by atoms with Gasteiger partial charge in [-0.05, 0) is 32.2 Å². The van der Waals surface area contributed by atoms with E-state index in [1.54, 1.807) is 18.4 Å². The lowest BCUT2D eigenvalue weighted by Crippen LogP contribution is -2.04. The van der Waals surface area contributed by atoms with Gasteiger partial charge in [-0.3, -0.25) is 0 Å². The lowest BCUT2D eigenvalue weighted by atomic mass is 10.2. The molecule has 0 aliphatic carbocycles. The van der Waals surface area contributed by atoms with Crippen LogP contribution in [0.5, 0.6) is 11.5 Å². The summed E-state index contributed by atoms with van der Waals surface area (Å²) in [5, 5.41) is 6.16. The molecule has 19 heavy (non-hydrogen) atoms. The van der Waals surface area contributed by atoms with Crippen molar-refractivity contribution in [3.63, 3.8) is 0 Å². The summed E-state index contributed by atoms with van der Waals surface area (Å²) in [7, 11) is 3.56. The van der Waals surface area contributed by atoms with Crippen molar-refractivity contribution in [2.24, 2.45) is 0 Å². The maximum atomic E-state index is 5.58. The summed E-state index contributed by atoms with van der Waals surface area (Å²) in [5.41, 5.74) is 2.10. The Hall–Kier alpha value is -1.59. The van der Waals surface area contributed by atoms with Crippen molar-refractivity contribution < 1.29 is 9.47 Å². The zero-order chi connectivity index (χ0) is 13.7. The first-order chi connectivity index (χ1) is 9.28. The van der Waals surface area contributed by atoms with E-state index in [1.807, 2.05) is 32.2 Å². The van der Waals surface area contributed by atoms with Gasteiger partial charge in [0.05, 0.1) is 19.4 Å². The van der Waals surface area contributed by atoms with Gasteiger partial charge in [-0.25, -0.2) is 4.98 Å². The molecule has 0 aliphatic rings. The van der Waals surface area contributed by atoms with Crippen LogP contribution >= 0.6 is 11.3 Å². The molecular weight excluding hydrogens is 260 g/mol. The maximum Gasteiger partial charge on any atom is 0.161 e. The third-order valence-electron chi connectivity index (χ3n) is 2.62. The average Bonchev–Trinajstić information content (AvgIpc) is 2.88. The minimum atomic E-state index is 0.614. The molecule has 5 heteroatoms. The highest BCUT2D eigenvalue weighted by molar-refractivity contribution is 7.13. The van der Waals surface area contributed by atoms with E-state index in [4.69, 9.17) is 9.47 Å². The van der Waals surface area contributed by atoms with Crippen molar-refractivity contribution in [2.75, 3.05) is 20.8 Å². The molecule has 1 N–H and O–H groups in total. The van der Waals surface area contributed by atoms with Crippen molar-refractivity contribution in [1.82, 2.24) is 10.3 Å². The highest BCUT2D eigenvalue weighted by Crippen LogP contribution is 2.33. The lowest BCUT2D eigenvalue weighted by molar-refractivity contribution is 0.311. The van der Waals surface area contributed by atoms with E-state index < -0.39 is 0 Å². The fraction of sp³-hybridized carbons (Fsp3) is 0.357. The van der Waals surface area contributed by atoms with Crippen LogP contribution in [0.4, 0.5) is 0 Å². The minimum absolute atomic E-state index is 0.614. The molecule has 0 bridgehead atoms. The molecule has 0 unspecified atom stereocenters. The van der Waals surface area contributed by atoms with E-state index in [9.17, 15) is 0 Å². The van der Waals surface area contributed by atoms with Gasteiger partial charge in [0.25, 0.3) is 0 Å². The molecule has 2 rings (SSSR count). The first-order valence-electron chi connectivity index (χ1n) is 6.18. The zero-order valence-corrected chi connectivity index (χ0v) is 12.2. The van der Waals surface area contributed by atoms with E-state index in [0.717, 1.165) is 34.3 Å². The van der Waals surface area contributed by atoms with Gasteiger partial charge in [0, 0.05) is 17.5 Å². The summed E-state index contributed by atoms with van der Waals surface area (Å²) >= 11 is 1.64. The number of thiazole rings is 1. The molecule has 0 aliphatic heterocycles. The molecule has 0 amide bonds. The van der Waals surface area contributed by atoms with Gasteiger partial charge in [0.2, 0.25) is 0 Å². The van der Waals surface area contributed by atoms with Crippen LogP contribution in [0.3, 0.4) is 0 Å². The van der Waals surface area contributed by atoms with Crippen LogP contribution in [-0.2, 0) is 6.54 Å². The SMILES string of the molecule is CCOc1cc(-c2nc(CNC)cs2)ccc1OC. The van der Waals surface area contributed by atoms with Gasteiger partial charge in [-0.2, -0.15) is 0 Å². The van der Waals surface area contributed by atoms with E-state index in [1.165, 1.54) is 0 Å². The number of rotatable bonds is 6. The lowest BCUT2D eigenvalue weighted by Gasteiger charge is -2.10. The Kier molecular flexibility index (Phi) is 4.76. The van der Waals surface area contributed by atoms with Crippen LogP contribution in [0.15, 0.2) is 23.6 Å². The molecule has 0 saturated heterocycles. The standard InChI is InChI=1S/C14H18N2O2S/c1-4-18-13-7-10(5-6-12(13)17-3)14-16-11(8-15-2)9-19-14/h5-7,9,15H,4,8H2,1-3H3. The predicted octanol–water partition coefficient (Wildman–Crippen LogP) is 2.94. The van der Waals surface area contributed by atoms with E-state index >= 15 is 0 Å². The Balaban J connectivity index is 2.30. The predicted molar refractivity (Wildman–Crippen MR) is 78.0 cm³/mol. The summed E-state index contributed by atoms with van der Waals surface area (Å²) in [5.74, 6) is 1.51. The molecule has 102 valence electrons. The van der Waals surface area contributed by atoms with Crippen LogP contribution in [0.25, 0.3) is 10.6 Å². The smallest absolute Gasteiger partial charge is 0.161 e. The second kappa shape index (κ2) is 6.54. The summed E-state index contributed by atoms with van der Waals surface area (Å²) < 4.78 is 10.9. The Morgan fingerprint density at radius 1 is 1.32 bits per heavy atom. The number of benzene rings is 1. The molecule has 4 nitrogen and oxygen atoms in total. The number of methoxy groups -OCH3 is 1. The Morgan fingerprint density at radius 2 is 2.16 bits per heavy atom. The van der Waals surface area contributed by atoms with Crippen LogP contribution in [-0.4, -0.2) is 25.7 Å². The normalized spacial score (nSPS) is 10.5. The highest BCUT2D eigenvalue weighted by atomic mass is 32.1. The van der Waals surface area contributed by atoms with Crippen molar-refractivity contribution in [1.29, 1.82) is 0 Å². The maximum absolute atomic E-state index is 5.58. The first-order valence-corrected chi connectivity index (χ1v) is 7.06. The van der Waals surface area contributed by atoms with Crippen LogP contribution in [0, 0.1) is 0 Å². The van der Waals surface area contributed by atoms with Crippen molar-refractivity contribution in [2.45, 2.75) is 13.5 Å². The van der Waals surface area contributed by atoms with Crippen molar-refractivity contribution in [3.8, 4) is 22.1 Å². The Bertz CT molecular complexity index is 540. The molecule has 0 atom stereocenters. The molecule has 0 radical (unpaired) electrons. The van der Waals surface area contributed by atoms with Crippen LogP contribution < -0.4 is 14.8 Å². The average molecular weight is 278 g/mol. The second-order valence-electron chi connectivity index (χ2n) is 3.97. The van der Waals surface area contributed by atoms with Gasteiger partial charge >= 0.3 is 0 Å². The number of ether oxygens (including phenoxy) is 2. The highest BCUT2D eigenvalue weighted by Gasteiger charge is 2.09. The summed E-state index contributed by atoms with van der Waals surface area (Å²) in [6.45, 7) is 3.36. The number of aromatic nitrogens is 1. The van der Waals surface area contributed by atoms with Gasteiger partial charge < -0.3 is 14.8 Å². The minimum Gasteiger partial charge on any atom is -0.493 e. The number of hydrogen-bond acceptors (Lipinski definition) is 5. The van der Waals surface area contributed by atoms with Gasteiger partial charge in [-0.15, -0.1) is 11.3 Å². The Labute approximate surface area is 117 Å². The van der Waals surface area contributed by atoms with Crippen molar-refractivity contribution in [3.05, 3.63) is 29.3 Å². The molecule has 0 fully saturated rings. The first kappa shape index (κ1) is 13.8. The molecule has 1 aromatic heterocycles. The molecule has 0 spiro atoms. The number of nitrogens with zero attached hydrogens (tertiary/aromatic N) is 1. The van der Waals surface area contributed by atoms with E-state index in [2.05, 4.69) is 15.7 Å². The summed E-state index contributed by atoms with van der Waals surface area (Å²) in [6.07, 6.45) is 0. The molecule has 0 saturated carbocycles. The van der Waals surface area contributed by atoms with Crippen molar-refractivity contribution >= 4 is 11.3 Å². The number of hydrogen-bond donors (Lipinski definition) is 1.